The van der Waals surface area contributed by atoms with Crippen LogP contribution in [0.4, 0.5) is 4.79 Å². The summed E-state index contributed by atoms with van der Waals surface area (Å²) in [6.45, 7) is 1.95. The van der Waals surface area contributed by atoms with Crippen molar-refractivity contribution in [2.24, 2.45) is 23.7 Å². The number of nitrogens with one attached hydrogen (secondary N) is 2. The van der Waals surface area contributed by atoms with Gasteiger partial charge in [-0.3, -0.25) is 10.1 Å². The Labute approximate surface area is 151 Å². The Kier molecular flexibility index (Phi) is 5.03. The van der Waals surface area contributed by atoms with Crippen LogP contribution in [0.1, 0.15) is 71.1 Å². The number of quaternary nitrogens is 1. The fraction of sp³-hybridized carbons (Fsp3) is 0.900. The molecule has 3 amide bonds. The molecule has 5 aliphatic rings. The van der Waals surface area contributed by atoms with Crippen molar-refractivity contribution in [3.8, 4) is 0 Å². The molecule has 25 heavy (non-hydrogen) atoms. The number of urea groups is 1. The average Bonchev–Trinajstić information content (AvgIpc) is 2.58. The topological polar surface area (TPSA) is 74.8 Å². The number of amides is 3. The van der Waals surface area contributed by atoms with E-state index in [1.807, 2.05) is 6.92 Å². The summed E-state index contributed by atoms with van der Waals surface area (Å²) in [7, 11) is 0. The number of carbonyl (C=O) groups is 2. The quantitative estimate of drug-likeness (QED) is 0.726. The minimum absolute atomic E-state index is 0.137. The first-order valence-electron chi connectivity index (χ1n) is 10.5. The van der Waals surface area contributed by atoms with Crippen LogP contribution in [0, 0.1) is 23.7 Å². The van der Waals surface area contributed by atoms with E-state index in [1.165, 1.54) is 51.4 Å². The van der Waals surface area contributed by atoms with Gasteiger partial charge in [-0.2, -0.15) is 0 Å². The van der Waals surface area contributed by atoms with Crippen LogP contribution in [0.5, 0.6) is 0 Å². The molecule has 0 aliphatic heterocycles. The lowest BCUT2D eigenvalue weighted by Crippen LogP contribution is -3.00. The summed E-state index contributed by atoms with van der Waals surface area (Å²) in [6.07, 6.45) is 12.6. The van der Waals surface area contributed by atoms with Crippen molar-refractivity contribution in [3.63, 3.8) is 0 Å². The zero-order chi connectivity index (χ0) is 17.4. The highest BCUT2D eigenvalue weighted by molar-refractivity contribution is 5.96. The van der Waals surface area contributed by atoms with Gasteiger partial charge in [-0.25, -0.2) is 4.79 Å². The van der Waals surface area contributed by atoms with Gasteiger partial charge >= 0.3 is 6.03 Å². The van der Waals surface area contributed by atoms with Gasteiger partial charge in [0.15, 0.2) is 6.04 Å². The first-order valence-corrected chi connectivity index (χ1v) is 10.5. The summed E-state index contributed by atoms with van der Waals surface area (Å²) < 4.78 is 0. The van der Waals surface area contributed by atoms with E-state index in [2.05, 4.69) is 16.0 Å². The second-order valence-electron chi connectivity index (χ2n) is 9.29. The molecule has 5 saturated carbocycles. The van der Waals surface area contributed by atoms with Crippen molar-refractivity contribution >= 4 is 11.9 Å². The van der Waals surface area contributed by atoms with E-state index in [0.29, 0.717) is 6.04 Å². The lowest BCUT2D eigenvalue weighted by molar-refractivity contribution is -0.725. The summed E-state index contributed by atoms with van der Waals surface area (Å²) in [5, 5.41) is 7.83. The third-order valence-electron chi connectivity index (χ3n) is 7.40. The van der Waals surface area contributed by atoms with Crippen LogP contribution in [-0.4, -0.2) is 30.1 Å². The molecule has 0 heterocycles. The molecule has 0 unspecified atom stereocenters. The fourth-order valence-electron chi connectivity index (χ4n) is 6.40. The minimum Gasteiger partial charge on any atom is -0.335 e. The molecule has 0 aromatic rings. The van der Waals surface area contributed by atoms with Gasteiger partial charge in [-0.15, -0.1) is 0 Å². The number of rotatable bonds is 4. The SMILES string of the molecule is C[C@H]([NH2+]C1C2CC3CC(C2)CC1C3)C(=O)NC(=O)NC1CCCCC1. The van der Waals surface area contributed by atoms with Gasteiger partial charge in [0, 0.05) is 17.9 Å². The fourth-order valence-corrected chi connectivity index (χ4v) is 6.40. The highest BCUT2D eigenvalue weighted by atomic mass is 16.2. The standard InChI is InChI=1S/C20H33N3O2/c1-12(19(24)23-20(25)22-17-5-3-2-4-6-17)21-18-15-8-13-7-14(10-15)11-16(18)9-13/h12-18,21H,2-11H2,1H3,(H2,22,23,24,25)/p+1/t12-,13?,14?,15?,16?,18?/m0/s1. The molecule has 0 aromatic heterocycles. The van der Waals surface area contributed by atoms with Crippen LogP contribution in [-0.2, 0) is 4.79 Å². The van der Waals surface area contributed by atoms with Gasteiger partial charge in [0.1, 0.15) is 0 Å². The van der Waals surface area contributed by atoms with Crippen molar-refractivity contribution in [3.05, 3.63) is 0 Å². The Morgan fingerprint density at radius 1 is 0.920 bits per heavy atom. The van der Waals surface area contributed by atoms with E-state index >= 15 is 0 Å². The molecule has 4 bridgehead atoms. The maximum atomic E-state index is 12.5. The summed E-state index contributed by atoms with van der Waals surface area (Å²) in [6, 6.07) is 0.349. The zero-order valence-electron chi connectivity index (χ0n) is 15.5. The summed E-state index contributed by atoms with van der Waals surface area (Å²) in [4.78, 5) is 24.6. The van der Waals surface area contributed by atoms with Crippen LogP contribution < -0.4 is 16.0 Å². The molecule has 5 aliphatic carbocycles. The lowest BCUT2D eigenvalue weighted by atomic mass is 9.54. The van der Waals surface area contributed by atoms with Crippen molar-refractivity contribution in [1.29, 1.82) is 0 Å². The molecule has 140 valence electrons. The van der Waals surface area contributed by atoms with Gasteiger partial charge in [0.2, 0.25) is 0 Å². The van der Waals surface area contributed by atoms with Crippen molar-refractivity contribution in [2.75, 3.05) is 0 Å². The van der Waals surface area contributed by atoms with Crippen molar-refractivity contribution < 1.29 is 14.9 Å². The number of nitrogens with two attached hydrogens (primary N) is 1. The summed E-state index contributed by atoms with van der Waals surface area (Å²) in [5.41, 5.74) is 0. The normalized spacial score (nSPS) is 38.4. The second kappa shape index (κ2) is 7.26. The van der Waals surface area contributed by atoms with Gasteiger partial charge in [-0.05, 0) is 63.7 Å². The Morgan fingerprint density at radius 2 is 1.52 bits per heavy atom. The maximum Gasteiger partial charge on any atom is 0.321 e. The van der Waals surface area contributed by atoms with Crippen LogP contribution in [0.25, 0.3) is 0 Å². The Hall–Kier alpha value is -1.10. The van der Waals surface area contributed by atoms with Crippen molar-refractivity contribution in [2.45, 2.75) is 89.3 Å². The molecule has 4 N–H and O–H groups in total. The number of hydrogen-bond acceptors (Lipinski definition) is 2. The van der Waals surface area contributed by atoms with E-state index in [1.54, 1.807) is 0 Å². The maximum absolute atomic E-state index is 12.5. The molecule has 5 heteroatoms. The Bertz CT molecular complexity index is 487. The van der Waals surface area contributed by atoms with E-state index in [0.717, 1.165) is 36.5 Å². The molecule has 5 rings (SSSR count). The van der Waals surface area contributed by atoms with Gasteiger partial charge < -0.3 is 10.6 Å². The van der Waals surface area contributed by atoms with E-state index in [4.69, 9.17) is 0 Å². The highest BCUT2D eigenvalue weighted by Gasteiger charge is 2.50. The Balaban J connectivity index is 1.25. The largest absolute Gasteiger partial charge is 0.335 e. The predicted octanol–water partition coefficient (Wildman–Crippen LogP) is 1.92. The van der Waals surface area contributed by atoms with E-state index in [9.17, 15) is 9.59 Å². The van der Waals surface area contributed by atoms with Gasteiger partial charge in [-0.1, -0.05) is 19.3 Å². The van der Waals surface area contributed by atoms with Crippen LogP contribution in [0.2, 0.25) is 0 Å². The molecule has 5 fully saturated rings. The van der Waals surface area contributed by atoms with Crippen molar-refractivity contribution in [1.82, 2.24) is 10.6 Å². The van der Waals surface area contributed by atoms with Crippen LogP contribution in [0.15, 0.2) is 0 Å². The average molecular weight is 349 g/mol. The van der Waals surface area contributed by atoms with Crippen LogP contribution in [0.3, 0.4) is 0 Å². The Morgan fingerprint density at radius 3 is 2.12 bits per heavy atom. The molecule has 5 nitrogen and oxygen atoms in total. The molecular formula is C20H34N3O2+. The molecule has 0 radical (unpaired) electrons. The van der Waals surface area contributed by atoms with Gasteiger partial charge in [0.25, 0.3) is 5.91 Å². The van der Waals surface area contributed by atoms with E-state index in [-0.39, 0.29) is 24.0 Å². The second-order valence-corrected chi connectivity index (χ2v) is 9.29. The first kappa shape index (κ1) is 17.3. The molecule has 1 atom stereocenters. The number of hydrogen-bond donors (Lipinski definition) is 3. The minimum atomic E-state index is -0.303. The molecule has 0 saturated heterocycles. The molecule has 0 spiro atoms. The lowest BCUT2D eigenvalue weighted by Gasteiger charge is -2.53. The monoisotopic (exact) mass is 348 g/mol. The number of imide groups is 1. The third kappa shape index (κ3) is 3.86. The molecule has 0 aromatic carbocycles. The molecular weight excluding hydrogens is 314 g/mol. The predicted molar refractivity (Wildman–Crippen MR) is 95.8 cm³/mol. The smallest absolute Gasteiger partial charge is 0.321 e. The first-order chi connectivity index (χ1) is 12.1. The van der Waals surface area contributed by atoms with Gasteiger partial charge in [0.05, 0.1) is 6.04 Å². The van der Waals surface area contributed by atoms with E-state index < -0.39 is 0 Å². The summed E-state index contributed by atoms with van der Waals surface area (Å²) in [5.74, 6) is 3.36. The highest BCUT2D eigenvalue weighted by Crippen LogP contribution is 2.52. The van der Waals surface area contributed by atoms with Crippen LogP contribution >= 0.6 is 0 Å². The summed E-state index contributed by atoms with van der Waals surface area (Å²) >= 11 is 0. The number of carbonyl (C=O) groups excluding carboxylic acids is 2. The third-order valence-corrected chi connectivity index (χ3v) is 7.40. The zero-order valence-corrected chi connectivity index (χ0v) is 15.5.